The molecule has 1 saturated heterocycles. The summed E-state index contributed by atoms with van der Waals surface area (Å²) in [7, 11) is -3.13. The van der Waals surface area contributed by atoms with E-state index < -0.39 is 9.84 Å². The van der Waals surface area contributed by atoms with Gasteiger partial charge in [0.25, 0.3) is 5.91 Å². The summed E-state index contributed by atoms with van der Waals surface area (Å²) in [6.07, 6.45) is 0.481. The highest BCUT2D eigenvalue weighted by Crippen LogP contribution is 2.25. The van der Waals surface area contributed by atoms with Crippen LogP contribution in [0.4, 0.5) is 0 Å². The van der Waals surface area contributed by atoms with Gasteiger partial charge in [-0.15, -0.1) is 0 Å². The first-order valence-electron chi connectivity index (χ1n) is 9.27. The van der Waals surface area contributed by atoms with Gasteiger partial charge in [0.1, 0.15) is 5.75 Å². The van der Waals surface area contributed by atoms with Crippen molar-refractivity contribution in [2.24, 2.45) is 0 Å². The lowest BCUT2D eigenvalue weighted by molar-refractivity contribution is 0.0681. The number of amides is 1. The maximum atomic E-state index is 13.2. The van der Waals surface area contributed by atoms with Crippen molar-refractivity contribution in [2.75, 3.05) is 11.5 Å². The van der Waals surface area contributed by atoms with Gasteiger partial charge in [-0.1, -0.05) is 29.8 Å². The number of hydrogen-bond acceptors (Lipinski definition) is 4. The highest BCUT2D eigenvalue weighted by Gasteiger charge is 2.35. The Morgan fingerprint density at radius 3 is 2.43 bits per heavy atom. The van der Waals surface area contributed by atoms with Crippen LogP contribution < -0.4 is 4.74 Å². The number of rotatable bonds is 6. The topological polar surface area (TPSA) is 63.7 Å². The van der Waals surface area contributed by atoms with Gasteiger partial charge < -0.3 is 9.64 Å². The Kier molecular flexibility index (Phi) is 6.30. The number of carbonyl (C=O) groups excluding carboxylic acids is 1. The second-order valence-corrected chi connectivity index (χ2v) is 9.91. The molecule has 3 rings (SSSR count). The van der Waals surface area contributed by atoms with Gasteiger partial charge in [-0.25, -0.2) is 8.42 Å². The van der Waals surface area contributed by atoms with Crippen LogP contribution >= 0.6 is 11.6 Å². The number of ether oxygens (including phenoxy) is 1. The van der Waals surface area contributed by atoms with E-state index in [0.29, 0.717) is 22.8 Å². The zero-order chi connectivity index (χ0) is 20.3. The predicted molar refractivity (Wildman–Crippen MR) is 111 cm³/mol. The molecule has 0 spiro atoms. The predicted octanol–water partition coefficient (Wildman–Crippen LogP) is 3.96. The Bertz CT molecular complexity index is 941. The van der Waals surface area contributed by atoms with Crippen LogP contribution in [0.25, 0.3) is 0 Å². The average Bonchev–Trinajstić information content (AvgIpc) is 3.00. The van der Waals surface area contributed by atoms with Crippen molar-refractivity contribution in [3.05, 3.63) is 64.7 Å². The summed E-state index contributed by atoms with van der Waals surface area (Å²) in [5.74, 6) is 0.564. The molecule has 0 saturated carbocycles. The number of hydrogen-bond donors (Lipinski definition) is 0. The molecule has 28 heavy (non-hydrogen) atoms. The largest absolute Gasteiger partial charge is 0.491 e. The van der Waals surface area contributed by atoms with Crippen LogP contribution in [0.3, 0.4) is 0 Å². The molecule has 1 fully saturated rings. The minimum absolute atomic E-state index is 0.0161. The van der Waals surface area contributed by atoms with Crippen molar-refractivity contribution in [1.29, 1.82) is 0 Å². The third-order valence-corrected chi connectivity index (χ3v) is 6.80. The van der Waals surface area contributed by atoms with Gasteiger partial charge in [0.15, 0.2) is 9.84 Å². The van der Waals surface area contributed by atoms with Crippen LogP contribution in [0.5, 0.6) is 5.75 Å². The zero-order valence-corrected chi connectivity index (χ0v) is 17.5. The van der Waals surface area contributed by atoms with Crippen molar-refractivity contribution in [3.63, 3.8) is 0 Å². The van der Waals surface area contributed by atoms with Gasteiger partial charge in [-0.3, -0.25) is 4.79 Å². The van der Waals surface area contributed by atoms with E-state index >= 15 is 0 Å². The molecule has 2 aromatic rings. The highest BCUT2D eigenvalue weighted by molar-refractivity contribution is 7.91. The molecule has 1 heterocycles. The van der Waals surface area contributed by atoms with Crippen LogP contribution in [0.15, 0.2) is 48.5 Å². The van der Waals surface area contributed by atoms with Crippen molar-refractivity contribution >= 4 is 27.3 Å². The molecular weight excluding hydrogens is 398 g/mol. The summed E-state index contributed by atoms with van der Waals surface area (Å²) in [6, 6.07) is 13.9. The molecule has 150 valence electrons. The number of halogens is 1. The van der Waals surface area contributed by atoms with E-state index in [1.54, 1.807) is 35.2 Å². The minimum Gasteiger partial charge on any atom is -0.491 e. The quantitative estimate of drug-likeness (QED) is 0.708. The number of nitrogens with zero attached hydrogens (tertiary/aromatic N) is 1. The lowest BCUT2D eigenvalue weighted by Crippen LogP contribution is -2.40. The van der Waals surface area contributed by atoms with Gasteiger partial charge >= 0.3 is 0 Å². The molecule has 1 aliphatic heterocycles. The van der Waals surface area contributed by atoms with E-state index in [1.165, 1.54) is 0 Å². The Morgan fingerprint density at radius 1 is 1.18 bits per heavy atom. The molecule has 2 aromatic carbocycles. The molecule has 0 radical (unpaired) electrons. The first-order chi connectivity index (χ1) is 13.2. The molecule has 7 heteroatoms. The molecule has 0 aliphatic carbocycles. The van der Waals surface area contributed by atoms with Gasteiger partial charge in [0.05, 0.1) is 17.6 Å². The lowest BCUT2D eigenvalue weighted by atomic mass is 10.1. The van der Waals surface area contributed by atoms with Crippen molar-refractivity contribution in [2.45, 2.75) is 39.0 Å². The first kappa shape index (κ1) is 20.7. The van der Waals surface area contributed by atoms with Gasteiger partial charge in [-0.2, -0.15) is 0 Å². The smallest absolute Gasteiger partial charge is 0.254 e. The highest BCUT2D eigenvalue weighted by atomic mass is 35.5. The Hall–Kier alpha value is -2.05. The molecule has 1 aliphatic rings. The monoisotopic (exact) mass is 421 g/mol. The molecule has 0 unspecified atom stereocenters. The number of sulfone groups is 1. The van der Waals surface area contributed by atoms with E-state index in [2.05, 4.69) is 0 Å². The Morgan fingerprint density at radius 2 is 1.86 bits per heavy atom. The first-order valence-corrected chi connectivity index (χ1v) is 11.5. The van der Waals surface area contributed by atoms with Crippen LogP contribution in [0.1, 0.15) is 36.2 Å². The van der Waals surface area contributed by atoms with E-state index in [1.807, 2.05) is 32.0 Å². The summed E-state index contributed by atoms with van der Waals surface area (Å²) >= 11 is 6.28. The fraction of sp³-hybridized carbons (Fsp3) is 0.381. The van der Waals surface area contributed by atoms with Gasteiger partial charge in [-0.05, 0) is 56.2 Å². The lowest BCUT2D eigenvalue weighted by Gasteiger charge is -2.29. The molecule has 1 amide bonds. The zero-order valence-electron chi connectivity index (χ0n) is 16.0. The summed E-state index contributed by atoms with van der Waals surface area (Å²) < 4.78 is 29.6. The van der Waals surface area contributed by atoms with Crippen LogP contribution in [-0.2, 0) is 16.4 Å². The summed E-state index contributed by atoms with van der Waals surface area (Å²) in [5, 5.41) is 0.557. The van der Waals surface area contributed by atoms with Gasteiger partial charge in [0.2, 0.25) is 0 Å². The van der Waals surface area contributed by atoms with Crippen molar-refractivity contribution in [1.82, 2.24) is 4.90 Å². The van der Waals surface area contributed by atoms with Gasteiger partial charge in [0, 0.05) is 23.2 Å². The maximum Gasteiger partial charge on any atom is 0.254 e. The van der Waals surface area contributed by atoms with Crippen molar-refractivity contribution in [3.8, 4) is 5.75 Å². The van der Waals surface area contributed by atoms with Crippen LogP contribution in [0.2, 0.25) is 5.02 Å². The fourth-order valence-corrected chi connectivity index (χ4v) is 5.24. The normalized spacial score (nSPS) is 18.2. The summed E-state index contributed by atoms with van der Waals surface area (Å²) in [6.45, 7) is 4.14. The molecule has 0 bridgehead atoms. The van der Waals surface area contributed by atoms with Crippen molar-refractivity contribution < 1.29 is 17.9 Å². The third kappa shape index (κ3) is 5.06. The molecule has 5 nitrogen and oxygen atoms in total. The number of carbonyl (C=O) groups is 1. The SMILES string of the molecule is CC(C)Oc1ccc(C(=O)N(Cc2ccccc2Cl)[C@@H]2CCS(=O)(=O)C2)cc1. The maximum absolute atomic E-state index is 13.2. The Labute approximate surface area is 171 Å². The van der Waals surface area contributed by atoms with Crippen LogP contribution in [0, 0.1) is 0 Å². The van der Waals surface area contributed by atoms with E-state index in [0.717, 1.165) is 5.56 Å². The molecule has 0 N–H and O–H groups in total. The van der Waals surface area contributed by atoms with E-state index in [-0.39, 0.29) is 36.1 Å². The standard InChI is InChI=1S/C21H24ClNO4S/c1-15(2)27-19-9-7-16(8-10-19)21(24)23(18-11-12-28(25,26)14-18)13-17-5-3-4-6-20(17)22/h3-10,15,18H,11-14H2,1-2H3/t18-/m1/s1. The molecule has 0 aromatic heterocycles. The second kappa shape index (κ2) is 8.53. The second-order valence-electron chi connectivity index (χ2n) is 7.27. The number of benzene rings is 2. The molecule has 1 atom stereocenters. The minimum atomic E-state index is -3.13. The van der Waals surface area contributed by atoms with E-state index in [9.17, 15) is 13.2 Å². The summed E-state index contributed by atoms with van der Waals surface area (Å²) in [5.41, 5.74) is 1.29. The fourth-order valence-electron chi connectivity index (χ4n) is 3.31. The molecular formula is C21H24ClNO4S. The average molecular weight is 422 g/mol. The Balaban J connectivity index is 1.87. The third-order valence-electron chi connectivity index (χ3n) is 4.68. The summed E-state index contributed by atoms with van der Waals surface area (Å²) in [4.78, 5) is 14.9. The van der Waals surface area contributed by atoms with Crippen LogP contribution in [-0.4, -0.2) is 42.9 Å². The van der Waals surface area contributed by atoms with E-state index in [4.69, 9.17) is 16.3 Å².